The van der Waals surface area contributed by atoms with E-state index in [-0.39, 0.29) is 12.5 Å². The molecule has 0 spiro atoms. The summed E-state index contributed by atoms with van der Waals surface area (Å²) in [5.41, 5.74) is 1.40. The lowest BCUT2D eigenvalue weighted by molar-refractivity contribution is 0.0924. The van der Waals surface area contributed by atoms with Crippen molar-refractivity contribution < 1.29 is 9.90 Å². The third kappa shape index (κ3) is 3.42. The first-order valence-electron chi connectivity index (χ1n) is 6.58. The Morgan fingerprint density at radius 1 is 1.40 bits per heavy atom. The maximum absolute atomic E-state index is 11.8. The van der Waals surface area contributed by atoms with Crippen molar-refractivity contribution in [1.29, 1.82) is 0 Å². The van der Waals surface area contributed by atoms with Crippen LogP contribution in [-0.2, 0) is 6.42 Å². The molecule has 0 fully saturated rings. The molecule has 6 nitrogen and oxygen atoms in total. The van der Waals surface area contributed by atoms with Crippen LogP contribution in [0.5, 0.6) is 0 Å². The predicted molar refractivity (Wildman–Crippen MR) is 75.2 cm³/mol. The lowest BCUT2D eigenvalue weighted by Crippen LogP contribution is -2.30. The molecule has 0 bridgehead atoms. The predicted octanol–water partition coefficient (Wildman–Crippen LogP) is 1.14. The van der Waals surface area contributed by atoms with E-state index in [0.29, 0.717) is 11.4 Å². The summed E-state index contributed by atoms with van der Waals surface area (Å²) in [4.78, 5) is 16.1. The highest BCUT2D eigenvalue weighted by atomic mass is 16.3. The molecule has 0 saturated carbocycles. The van der Waals surface area contributed by atoms with E-state index in [1.54, 1.807) is 31.2 Å². The van der Waals surface area contributed by atoms with E-state index < -0.39 is 6.10 Å². The molecular weight excluding hydrogens is 256 g/mol. The van der Waals surface area contributed by atoms with Crippen LogP contribution in [0.2, 0.25) is 0 Å². The highest BCUT2D eigenvalue weighted by molar-refractivity contribution is 5.94. The van der Waals surface area contributed by atoms with Gasteiger partial charge in [0.2, 0.25) is 0 Å². The van der Waals surface area contributed by atoms with Gasteiger partial charge in [-0.1, -0.05) is 19.1 Å². The molecule has 0 aliphatic heterocycles. The van der Waals surface area contributed by atoms with Crippen LogP contribution in [0.1, 0.15) is 30.0 Å². The quantitative estimate of drug-likeness (QED) is 0.762. The molecule has 1 amide bonds. The number of aromatic amines is 1. The van der Waals surface area contributed by atoms with Crippen LogP contribution in [0.25, 0.3) is 11.4 Å². The summed E-state index contributed by atoms with van der Waals surface area (Å²) in [5, 5.41) is 18.8. The molecule has 2 rings (SSSR count). The first-order chi connectivity index (χ1) is 9.60. The number of hydrogen-bond acceptors (Lipinski definition) is 4. The Balaban J connectivity index is 2.07. The van der Waals surface area contributed by atoms with Gasteiger partial charge in [-0.3, -0.25) is 9.89 Å². The molecule has 1 atom stereocenters. The lowest BCUT2D eigenvalue weighted by Gasteiger charge is -2.07. The van der Waals surface area contributed by atoms with E-state index in [2.05, 4.69) is 20.5 Å². The molecule has 0 aliphatic rings. The lowest BCUT2D eigenvalue weighted by atomic mass is 10.1. The Morgan fingerprint density at radius 3 is 2.65 bits per heavy atom. The van der Waals surface area contributed by atoms with Gasteiger partial charge in [0, 0.05) is 24.1 Å². The Bertz CT molecular complexity index is 575. The van der Waals surface area contributed by atoms with Crippen molar-refractivity contribution in [2.45, 2.75) is 26.4 Å². The largest absolute Gasteiger partial charge is 0.392 e. The Labute approximate surface area is 117 Å². The van der Waals surface area contributed by atoms with E-state index in [9.17, 15) is 4.79 Å². The molecule has 20 heavy (non-hydrogen) atoms. The van der Waals surface area contributed by atoms with Crippen molar-refractivity contribution in [3.05, 3.63) is 35.7 Å². The molecule has 0 saturated heterocycles. The highest BCUT2D eigenvalue weighted by Gasteiger charge is 2.08. The topological polar surface area (TPSA) is 90.9 Å². The Kier molecular flexibility index (Phi) is 4.47. The second kappa shape index (κ2) is 6.29. The summed E-state index contributed by atoms with van der Waals surface area (Å²) >= 11 is 0. The molecule has 1 heterocycles. The van der Waals surface area contributed by atoms with Crippen LogP contribution >= 0.6 is 0 Å². The number of nitrogens with zero attached hydrogens (tertiary/aromatic N) is 2. The van der Waals surface area contributed by atoms with Crippen LogP contribution in [-0.4, -0.2) is 38.8 Å². The molecule has 3 N–H and O–H groups in total. The molecule has 1 unspecified atom stereocenters. The minimum Gasteiger partial charge on any atom is -0.392 e. The number of carbonyl (C=O) groups excluding carboxylic acids is 1. The van der Waals surface area contributed by atoms with Crippen LogP contribution in [0, 0.1) is 0 Å². The zero-order valence-electron chi connectivity index (χ0n) is 11.6. The van der Waals surface area contributed by atoms with Crippen molar-refractivity contribution in [3.63, 3.8) is 0 Å². The van der Waals surface area contributed by atoms with E-state index >= 15 is 0 Å². The van der Waals surface area contributed by atoms with Crippen LogP contribution in [0.4, 0.5) is 0 Å². The number of benzene rings is 1. The summed E-state index contributed by atoms with van der Waals surface area (Å²) in [6, 6.07) is 7.04. The fourth-order valence-corrected chi connectivity index (χ4v) is 1.70. The van der Waals surface area contributed by atoms with E-state index in [4.69, 9.17) is 5.11 Å². The van der Waals surface area contributed by atoms with Crippen molar-refractivity contribution in [2.75, 3.05) is 6.54 Å². The van der Waals surface area contributed by atoms with Gasteiger partial charge in [-0.25, -0.2) is 4.98 Å². The van der Waals surface area contributed by atoms with Crippen molar-refractivity contribution in [2.24, 2.45) is 0 Å². The average molecular weight is 274 g/mol. The van der Waals surface area contributed by atoms with Crippen LogP contribution in [0.3, 0.4) is 0 Å². The smallest absolute Gasteiger partial charge is 0.251 e. The molecule has 0 radical (unpaired) electrons. The molecule has 0 aliphatic carbocycles. The van der Waals surface area contributed by atoms with Gasteiger partial charge < -0.3 is 10.4 Å². The number of H-pyrrole nitrogens is 1. The van der Waals surface area contributed by atoms with Gasteiger partial charge in [0.1, 0.15) is 5.82 Å². The SMILES string of the molecule is CCc1nc(-c2ccc(C(=O)NCC(C)O)cc2)n[nH]1. The van der Waals surface area contributed by atoms with Crippen molar-refractivity contribution in [1.82, 2.24) is 20.5 Å². The minimum absolute atomic E-state index is 0.207. The van der Waals surface area contributed by atoms with Crippen molar-refractivity contribution in [3.8, 4) is 11.4 Å². The number of aliphatic hydroxyl groups is 1. The van der Waals surface area contributed by atoms with Gasteiger partial charge >= 0.3 is 0 Å². The normalized spacial score (nSPS) is 12.2. The Morgan fingerprint density at radius 2 is 2.10 bits per heavy atom. The zero-order valence-corrected chi connectivity index (χ0v) is 11.6. The second-order valence-electron chi connectivity index (χ2n) is 4.60. The van der Waals surface area contributed by atoms with Gasteiger partial charge in [0.15, 0.2) is 5.82 Å². The number of carbonyl (C=O) groups is 1. The molecule has 2 aromatic rings. The number of aliphatic hydroxyl groups excluding tert-OH is 1. The first-order valence-corrected chi connectivity index (χ1v) is 6.58. The van der Waals surface area contributed by atoms with Crippen LogP contribution < -0.4 is 5.32 Å². The summed E-state index contributed by atoms with van der Waals surface area (Å²) < 4.78 is 0. The van der Waals surface area contributed by atoms with E-state index in [0.717, 1.165) is 17.8 Å². The standard InChI is InChI=1S/C14H18N4O2/c1-3-12-16-13(18-17-12)10-4-6-11(7-5-10)14(20)15-8-9(2)19/h4-7,9,19H,3,8H2,1-2H3,(H,15,20)(H,16,17,18). The van der Waals surface area contributed by atoms with Gasteiger partial charge in [-0.05, 0) is 19.1 Å². The summed E-state index contributed by atoms with van der Waals surface area (Å²) in [7, 11) is 0. The van der Waals surface area contributed by atoms with E-state index in [1.807, 2.05) is 6.92 Å². The third-order valence-electron chi connectivity index (χ3n) is 2.83. The molecule has 1 aromatic heterocycles. The number of aryl methyl sites for hydroxylation is 1. The number of rotatable bonds is 5. The number of aromatic nitrogens is 3. The average Bonchev–Trinajstić information content (AvgIpc) is 2.94. The zero-order chi connectivity index (χ0) is 14.5. The highest BCUT2D eigenvalue weighted by Crippen LogP contribution is 2.15. The number of amides is 1. The summed E-state index contributed by atoms with van der Waals surface area (Å²) in [6.45, 7) is 3.86. The van der Waals surface area contributed by atoms with E-state index in [1.165, 1.54) is 0 Å². The molecule has 1 aromatic carbocycles. The fourth-order valence-electron chi connectivity index (χ4n) is 1.70. The van der Waals surface area contributed by atoms with Gasteiger partial charge in [0.25, 0.3) is 5.91 Å². The monoisotopic (exact) mass is 274 g/mol. The van der Waals surface area contributed by atoms with Crippen molar-refractivity contribution >= 4 is 5.91 Å². The van der Waals surface area contributed by atoms with Gasteiger partial charge in [-0.2, -0.15) is 5.10 Å². The number of hydrogen-bond donors (Lipinski definition) is 3. The maximum Gasteiger partial charge on any atom is 0.251 e. The fraction of sp³-hybridized carbons (Fsp3) is 0.357. The minimum atomic E-state index is -0.557. The Hall–Kier alpha value is -2.21. The van der Waals surface area contributed by atoms with Crippen LogP contribution in [0.15, 0.2) is 24.3 Å². The third-order valence-corrected chi connectivity index (χ3v) is 2.83. The summed E-state index contributed by atoms with van der Waals surface area (Å²) in [5.74, 6) is 1.25. The first kappa shape index (κ1) is 14.2. The molecule has 6 heteroatoms. The van der Waals surface area contributed by atoms with Gasteiger partial charge in [-0.15, -0.1) is 0 Å². The molecular formula is C14H18N4O2. The maximum atomic E-state index is 11.8. The molecule has 106 valence electrons. The summed E-state index contributed by atoms with van der Waals surface area (Å²) in [6.07, 6.45) is 0.242. The van der Waals surface area contributed by atoms with Gasteiger partial charge in [0.05, 0.1) is 6.10 Å². The second-order valence-corrected chi connectivity index (χ2v) is 4.60. The number of nitrogens with one attached hydrogen (secondary N) is 2.